The molecule has 0 saturated carbocycles. The molecule has 0 aromatic rings. The summed E-state index contributed by atoms with van der Waals surface area (Å²) in [7, 11) is 0. The minimum atomic E-state index is -0.596. The molecule has 0 aromatic carbocycles. The molecule has 122 valence electrons. The fraction of sp³-hybridized carbons (Fsp3) is 0.824. The van der Waals surface area contributed by atoms with E-state index in [1.54, 1.807) is 0 Å². The summed E-state index contributed by atoms with van der Waals surface area (Å²) < 4.78 is 16.5. The van der Waals surface area contributed by atoms with Crippen LogP contribution in [0.3, 0.4) is 0 Å². The van der Waals surface area contributed by atoms with Gasteiger partial charge >= 0.3 is 6.16 Å². The lowest BCUT2D eigenvalue weighted by molar-refractivity contribution is -0.0490. The van der Waals surface area contributed by atoms with E-state index in [1.165, 1.54) is 0 Å². The lowest BCUT2D eigenvalue weighted by Gasteiger charge is -2.23. The summed E-state index contributed by atoms with van der Waals surface area (Å²) in [5, 5.41) is 0. The standard InChI is InChI=1S/C17H30O4/c1-6-7-8-9-10-11-14-15(12-13(2)19-14)20-16(18)21-17(3,4)5/h7-8,13-15H,6,9-12H2,1-5H3/b8-7+/t13-,14-,15-/m0/s1. The van der Waals surface area contributed by atoms with Crippen molar-refractivity contribution >= 4 is 6.16 Å². The number of carbonyl (C=O) groups is 1. The zero-order valence-corrected chi connectivity index (χ0v) is 14.1. The molecule has 4 heteroatoms. The number of ether oxygens (including phenoxy) is 3. The van der Waals surface area contributed by atoms with Gasteiger partial charge in [-0.2, -0.15) is 0 Å². The smallest absolute Gasteiger partial charge is 0.429 e. The summed E-state index contributed by atoms with van der Waals surface area (Å²) >= 11 is 0. The van der Waals surface area contributed by atoms with Gasteiger partial charge in [0.15, 0.2) is 0 Å². The molecule has 1 heterocycles. The molecule has 3 atom stereocenters. The zero-order valence-electron chi connectivity index (χ0n) is 14.1. The van der Waals surface area contributed by atoms with Crippen LogP contribution in [-0.4, -0.2) is 30.1 Å². The second-order valence-corrected chi connectivity index (χ2v) is 6.65. The van der Waals surface area contributed by atoms with Crippen molar-refractivity contribution in [3.63, 3.8) is 0 Å². The minimum absolute atomic E-state index is 0.0115. The van der Waals surface area contributed by atoms with Gasteiger partial charge in [0, 0.05) is 6.42 Å². The number of hydrogen-bond donors (Lipinski definition) is 0. The molecule has 1 fully saturated rings. The second-order valence-electron chi connectivity index (χ2n) is 6.65. The summed E-state index contributed by atoms with van der Waals surface area (Å²) in [6.45, 7) is 9.64. The third kappa shape index (κ3) is 7.51. The molecule has 0 radical (unpaired) electrons. The van der Waals surface area contributed by atoms with E-state index in [4.69, 9.17) is 14.2 Å². The fourth-order valence-corrected chi connectivity index (χ4v) is 2.42. The van der Waals surface area contributed by atoms with Crippen LogP contribution in [0, 0.1) is 0 Å². The van der Waals surface area contributed by atoms with Gasteiger partial charge < -0.3 is 14.2 Å². The Hall–Kier alpha value is -1.03. The Morgan fingerprint density at radius 1 is 1.33 bits per heavy atom. The van der Waals surface area contributed by atoms with Crippen molar-refractivity contribution in [1.29, 1.82) is 0 Å². The van der Waals surface area contributed by atoms with Crippen LogP contribution in [0.2, 0.25) is 0 Å². The topological polar surface area (TPSA) is 44.8 Å². The van der Waals surface area contributed by atoms with Crippen LogP contribution in [-0.2, 0) is 14.2 Å². The number of rotatable bonds is 6. The van der Waals surface area contributed by atoms with Crippen LogP contribution in [0.1, 0.15) is 66.7 Å². The van der Waals surface area contributed by atoms with E-state index in [0.29, 0.717) is 0 Å². The maximum absolute atomic E-state index is 11.8. The molecule has 1 saturated heterocycles. The van der Waals surface area contributed by atoms with Gasteiger partial charge in [0.05, 0.1) is 12.2 Å². The Labute approximate surface area is 128 Å². The molecule has 0 unspecified atom stereocenters. The molecule has 0 N–H and O–H groups in total. The van der Waals surface area contributed by atoms with Gasteiger partial charge in [-0.1, -0.05) is 19.1 Å². The van der Waals surface area contributed by atoms with E-state index in [0.717, 1.165) is 32.1 Å². The predicted octanol–water partition coefficient (Wildman–Crippen LogP) is 4.62. The minimum Gasteiger partial charge on any atom is -0.429 e. The van der Waals surface area contributed by atoms with E-state index >= 15 is 0 Å². The van der Waals surface area contributed by atoms with E-state index in [1.807, 2.05) is 27.7 Å². The SMILES string of the molecule is CC/C=C/CCC[C@@H]1O[C@@H](C)C[C@@H]1OC(=O)OC(C)(C)C. The summed E-state index contributed by atoms with van der Waals surface area (Å²) in [6.07, 6.45) is 8.52. The van der Waals surface area contributed by atoms with E-state index in [-0.39, 0.29) is 18.3 Å². The van der Waals surface area contributed by atoms with Gasteiger partial charge in [0.1, 0.15) is 11.7 Å². The van der Waals surface area contributed by atoms with Crippen molar-refractivity contribution in [3.8, 4) is 0 Å². The first-order valence-electron chi connectivity index (χ1n) is 8.02. The number of carbonyl (C=O) groups excluding carboxylic acids is 1. The highest BCUT2D eigenvalue weighted by Gasteiger charge is 2.36. The van der Waals surface area contributed by atoms with Crippen LogP contribution >= 0.6 is 0 Å². The first kappa shape index (κ1) is 18.0. The molecule has 0 amide bonds. The molecule has 21 heavy (non-hydrogen) atoms. The molecule has 1 aliphatic heterocycles. The predicted molar refractivity (Wildman–Crippen MR) is 83.3 cm³/mol. The summed E-state index contributed by atoms with van der Waals surface area (Å²) in [4.78, 5) is 11.8. The monoisotopic (exact) mass is 298 g/mol. The number of allylic oxidation sites excluding steroid dienone is 2. The number of unbranched alkanes of at least 4 members (excludes halogenated alkanes) is 1. The average Bonchev–Trinajstić information content (AvgIpc) is 2.66. The van der Waals surface area contributed by atoms with Crippen LogP contribution in [0.4, 0.5) is 4.79 Å². The van der Waals surface area contributed by atoms with Crippen molar-refractivity contribution in [3.05, 3.63) is 12.2 Å². The van der Waals surface area contributed by atoms with Gasteiger partial charge in [-0.05, 0) is 53.4 Å². The molecular weight excluding hydrogens is 268 g/mol. The van der Waals surface area contributed by atoms with Crippen molar-refractivity contribution in [2.24, 2.45) is 0 Å². The average molecular weight is 298 g/mol. The Balaban J connectivity index is 2.40. The van der Waals surface area contributed by atoms with Crippen molar-refractivity contribution in [1.82, 2.24) is 0 Å². The third-order valence-corrected chi connectivity index (χ3v) is 3.28. The van der Waals surface area contributed by atoms with E-state index in [2.05, 4.69) is 19.1 Å². The molecular formula is C17H30O4. The van der Waals surface area contributed by atoms with Crippen LogP contribution in [0.15, 0.2) is 12.2 Å². The van der Waals surface area contributed by atoms with Gasteiger partial charge in [-0.3, -0.25) is 0 Å². The summed E-state index contributed by atoms with van der Waals surface area (Å²) in [6, 6.07) is 0. The quantitative estimate of drug-likeness (QED) is 0.408. The zero-order chi connectivity index (χ0) is 15.9. The lowest BCUT2D eigenvalue weighted by atomic mass is 10.1. The van der Waals surface area contributed by atoms with Gasteiger partial charge in [0.2, 0.25) is 0 Å². The summed E-state index contributed by atoms with van der Waals surface area (Å²) in [5.41, 5.74) is -0.525. The normalized spacial score (nSPS) is 26.2. The molecule has 1 rings (SSSR count). The maximum atomic E-state index is 11.8. The highest BCUT2D eigenvalue weighted by atomic mass is 16.7. The van der Waals surface area contributed by atoms with Crippen LogP contribution in [0.25, 0.3) is 0 Å². The Kier molecular flexibility index (Phi) is 7.23. The first-order valence-corrected chi connectivity index (χ1v) is 8.02. The van der Waals surface area contributed by atoms with E-state index < -0.39 is 11.8 Å². The molecule has 0 aromatic heterocycles. The van der Waals surface area contributed by atoms with Crippen LogP contribution < -0.4 is 0 Å². The Bertz CT molecular complexity index is 343. The fourth-order valence-electron chi connectivity index (χ4n) is 2.42. The maximum Gasteiger partial charge on any atom is 0.509 e. The highest BCUT2D eigenvalue weighted by molar-refractivity contribution is 5.60. The summed E-state index contributed by atoms with van der Waals surface area (Å²) in [5.74, 6) is 0. The van der Waals surface area contributed by atoms with Crippen molar-refractivity contribution < 1.29 is 19.0 Å². The lowest BCUT2D eigenvalue weighted by Crippen LogP contribution is -2.31. The molecule has 0 bridgehead atoms. The molecule has 4 nitrogen and oxygen atoms in total. The second kappa shape index (κ2) is 8.42. The Morgan fingerprint density at radius 3 is 2.67 bits per heavy atom. The van der Waals surface area contributed by atoms with Gasteiger partial charge in [-0.25, -0.2) is 4.79 Å². The Morgan fingerprint density at radius 2 is 2.05 bits per heavy atom. The van der Waals surface area contributed by atoms with Crippen molar-refractivity contribution in [2.75, 3.05) is 0 Å². The largest absolute Gasteiger partial charge is 0.509 e. The molecule has 0 aliphatic carbocycles. The van der Waals surface area contributed by atoms with Crippen LogP contribution in [0.5, 0.6) is 0 Å². The number of hydrogen-bond acceptors (Lipinski definition) is 4. The van der Waals surface area contributed by atoms with Gasteiger partial charge in [-0.15, -0.1) is 0 Å². The first-order chi connectivity index (χ1) is 9.81. The molecule has 1 aliphatic rings. The third-order valence-electron chi connectivity index (χ3n) is 3.28. The van der Waals surface area contributed by atoms with Crippen molar-refractivity contribution in [2.45, 2.75) is 90.6 Å². The molecule has 0 spiro atoms. The highest BCUT2D eigenvalue weighted by Crippen LogP contribution is 2.27. The van der Waals surface area contributed by atoms with E-state index in [9.17, 15) is 4.79 Å². The van der Waals surface area contributed by atoms with Gasteiger partial charge in [0.25, 0.3) is 0 Å².